The molecule has 4 aliphatic rings. The van der Waals surface area contributed by atoms with E-state index in [-0.39, 0.29) is 53.5 Å². The molecule has 2 N–H and O–H groups in total. The molecule has 0 radical (unpaired) electrons. The smallest absolute Gasteiger partial charge is 0.418 e. The minimum atomic E-state index is -4.71. The van der Waals surface area contributed by atoms with Crippen LogP contribution in [0.5, 0.6) is 6.01 Å². The lowest BCUT2D eigenvalue weighted by molar-refractivity contribution is -0.139. The molecule has 0 saturated carbocycles. The molecule has 2 aromatic heterocycles. The van der Waals surface area contributed by atoms with Crippen LogP contribution >= 0.6 is 23.2 Å². The number of nitrogen functional groups attached to an aromatic ring is 1. The fourth-order valence-electron chi connectivity index (χ4n) is 7.18. The summed E-state index contributed by atoms with van der Waals surface area (Å²) in [6, 6.07) is 2.80. The number of carbonyl (C=O) groups excluding carboxylic acids is 1. The van der Waals surface area contributed by atoms with E-state index in [4.69, 9.17) is 38.4 Å². The van der Waals surface area contributed by atoms with Crippen LogP contribution in [0, 0.1) is 0 Å². The number of nitrogens with zero attached hydrogens (tertiary/aromatic N) is 7. The van der Waals surface area contributed by atoms with Crippen LogP contribution in [-0.4, -0.2) is 81.8 Å². The summed E-state index contributed by atoms with van der Waals surface area (Å²) in [7, 11) is 3.09. The van der Waals surface area contributed by atoms with Crippen LogP contribution in [-0.2, 0) is 37.0 Å². The van der Waals surface area contributed by atoms with Crippen molar-refractivity contribution < 1.29 is 36.2 Å². The van der Waals surface area contributed by atoms with E-state index in [0.29, 0.717) is 73.4 Å². The Morgan fingerprint density at radius 2 is 1.88 bits per heavy atom. The molecule has 7 rings (SSSR count). The molecule has 3 aromatic rings. The van der Waals surface area contributed by atoms with E-state index >= 15 is 0 Å². The molecule has 4 aliphatic heterocycles. The minimum absolute atomic E-state index is 0.0125. The number of fused-ring (bicyclic) bond motifs is 3. The Morgan fingerprint density at radius 3 is 2.56 bits per heavy atom. The van der Waals surface area contributed by atoms with Crippen molar-refractivity contribution in [2.75, 3.05) is 51.0 Å². The highest BCUT2D eigenvalue weighted by atomic mass is 35.5. The standard InChI is InChI=1S/C26H28Cl2F3N7O3.C8H11F2N/c1-4-36(2)24(39)22-21(28)18-11-37(6-5-7-38(18)35-22)23-15-12-41-19(10-17(15)33-25(34-23)40-3)14-8-13(32)9-16(27)20(14)26(29,30)31;9-8(10)6-4-7-2-1-3-11(7)5-6/h8-9,19H,4-7,10-12,32H2,1-3H3;7H,1-5H2. The highest BCUT2D eigenvalue weighted by Gasteiger charge is 2.40. The number of halogens is 7. The summed E-state index contributed by atoms with van der Waals surface area (Å²) in [5, 5.41) is 4.26. The number of alkyl halides is 3. The lowest BCUT2D eigenvalue weighted by Crippen LogP contribution is -2.29. The monoisotopic (exact) mass is 772 g/mol. The van der Waals surface area contributed by atoms with E-state index in [1.54, 1.807) is 11.7 Å². The van der Waals surface area contributed by atoms with E-state index in [2.05, 4.69) is 20.0 Å². The Hall–Kier alpha value is -3.73. The molecule has 0 bridgehead atoms. The molecule has 2 saturated heterocycles. The Balaban J connectivity index is 0.000000357. The molecular weight excluding hydrogens is 734 g/mol. The molecule has 2 fully saturated rings. The zero-order chi connectivity index (χ0) is 37.5. The second kappa shape index (κ2) is 15.3. The molecule has 52 heavy (non-hydrogen) atoms. The Kier molecular flexibility index (Phi) is 11.2. The van der Waals surface area contributed by atoms with E-state index in [9.17, 15) is 26.7 Å². The molecule has 0 aliphatic carbocycles. The lowest BCUT2D eigenvalue weighted by Gasteiger charge is -2.31. The molecule has 11 nitrogen and oxygen atoms in total. The molecule has 1 aromatic carbocycles. The summed E-state index contributed by atoms with van der Waals surface area (Å²) in [6.45, 7) is 5.23. The van der Waals surface area contributed by atoms with Gasteiger partial charge >= 0.3 is 12.2 Å². The van der Waals surface area contributed by atoms with Crippen molar-refractivity contribution in [3.05, 3.63) is 67.6 Å². The van der Waals surface area contributed by atoms with Gasteiger partial charge in [0.25, 0.3) is 12.0 Å². The van der Waals surface area contributed by atoms with Gasteiger partial charge < -0.3 is 25.0 Å². The summed E-state index contributed by atoms with van der Waals surface area (Å²) in [5.41, 5.74) is 7.11. The summed E-state index contributed by atoms with van der Waals surface area (Å²) in [6.07, 6.45) is -3.57. The van der Waals surface area contributed by atoms with Gasteiger partial charge in [-0.3, -0.25) is 14.4 Å². The Labute approximate surface area is 307 Å². The number of hydrogen-bond acceptors (Lipinski definition) is 9. The molecular formula is C34H39Cl2F5N8O3. The van der Waals surface area contributed by atoms with Gasteiger partial charge in [-0.25, -0.2) is 0 Å². The molecule has 6 heterocycles. The van der Waals surface area contributed by atoms with Crippen LogP contribution in [0.4, 0.5) is 33.5 Å². The van der Waals surface area contributed by atoms with Crippen molar-refractivity contribution in [3.63, 3.8) is 0 Å². The highest BCUT2D eigenvalue weighted by molar-refractivity contribution is 6.34. The number of nitrogens with two attached hydrogens (primary N) is 1. The van der Waals surface area contributed by atoms with Crippen molar-refractivity contribution >= 4 is 40.6 Å². The number of hydrogen-bond donors (Lipinski definition) is 1. The molecule has 282 valence electrons. The van der Waals surface area contributed by atoms with Crippen molar-refractivity contribution in [1.29, 1.82) is 0 Å². The van der Waals surface area contributed by atoms with Crippen LogP contribution in [0.15, 0.2) is 23.8 Å². The zero-order valence-electron chi connectivity index (χ0n) is 28.9. The van der Waals surface area contributed by atoms with Crippen LogP contribution in [0.25, 0.3) is 0 Å². The normalized spacial score (nSPS) is 20.0. The average Bonchev–Trinajstić information content (AvgIpc) is 3.75. The van der Waals surface area contributed by atoms with E-state index in [1.165, 1.54) is 24.5 Å². The van der Waals surface area contributed by atoms with Gasteiger partial charge in [-0.1, -0.05) is 23.2 Å². The third kappa shape index (κ3) is 7.66. The molecule has 1 amide bonds. The van der Waals surface area contributed by atoms with Gasteiger partial charge in [0.2, 0.25) is 0 Å². The van der Waals surface area contributed by atoms with Crippen molar-refractivity contribution in [3.8, 4) is 6.01 Å². The first-order chi connectivity index (χ1) is 24.7. The van der Waals surface area contributed by atoms with Crippen molar-refractivity contribution in [2.45, 2.75) is 77.0 Å². The number of benzene rings is 1. The summed E-state index contributed by atoms with van der Waals surface area (Å²) >= 11 is 12.7. The number of carbonyl (C=O) groups is 1. The topological polar surface area (TPSA) is 115 Å². The molecule has 2 atom stereocenters. The number of anilines is 2. The Morgan fingerprint density at radius 1 is 1.12 bits per heavy atom. The fourth-order valence-corrected chi connectivity index (χ4v) is 7.79. The third-order valence-electron chi connectivity index (χ3n) is 9.91. The number of aryl methyl sites for hydroxylation is 1. The third-order valence-corrected chi connectivity index (χ3v) is 10.6. The van der Waals surface area contributed by atoms with Crippen LogP contribution in [0.3, 0.4) is 0 Å². The summed E-state index contributed by atoms with van der Waals surface area (Å²) in [5.74, 6) is 0.237. The van der Waals surface area contributed by atoms with Crippen molar-refractivity contribution in [1.82, 2.24) is 29.5 Å². The van der Waals surface area contributed by atoms with Crippen LogP contribution in [0.1, 0.15) is 77.3 Å². The lowest BCUT2D eigenvalue weighted by atomic mass is 9.94. The van der Waals surface area contributed by atoms with Gasteiger partial charge in [-0.2, -0.15) is 37.0 Å². The second-order valence-electron chi connectivity index (χ2n) is 13.2. The maximum atomic E-state index is 14.0. The highest BCUT2D eigenvalue weighted by Crippen LogP contribution is 2.45. The first-order valence-corrected chi connectivity index (χ1v) is 17.7. The quantitative estimate of drug-likeness (QED) is 0.218. The first kappa shape index (κ1) is 38.0. The number of aromatic nitrogens is 4. The molecule has 18 heteroatoms. The van der Waals surface area contributed by atoms with E-state index < -0.39 is 28.9 Å². The maximum absolute atomic E-state index is 14.0. The number of rotatable bonds is 5. The van der Waals surface area contributed by atoms with Gasteiger partial charge in [0, 0.05) is 62.5 Å². The molecule has 2 unspecified atom stereocenters. The van der Waals surface area contributed by atoms with Crippen molar-refractivity contribution in [2.24, 2.45) is 0 Å². The largest absolute Gasteiger partial charge is 0.467 e. The van der Waals surface area contributed by atoms with Crippen LogP contribution < -0.4 is 15.4 Å². The van der Waals surface area contributed by atoms with Gasteiger partial charge in [-0.15, -0.1) is 0 Å². The summed E-state index contributed by atoms with van der Waals surface area (Å²) in [4.78, 5) is 27.5. The van der Waals surface area contributed by atoms with Gasteiger partial charge in [-0.05, 0) is 56.8 Å². The SMILES string of the molecule is CCN(C)C(=O)c1nn2c(c1Cl)CN(c1nc(OC)nc3c1COC(c1cc(N)cc(Cl)c1C(F)(F)F)C3)CCC2.FC(F)=C1CC2CCCN2C1. The zero-order valence-corrected chi connectivity index (χ0v) is 30.4. The number of ether oxygens (including phenoxy) is 2. The molecule has 0 spiro atoms. The Bertz CT molecular complexity index is 1860. The predicted molar refractivity (Wildman–Crippen MR) is 185 cm³/mol. The predicted octanol–water partition coefficient (Wildman–Crippen LogP) is 6.91. The fraction of sp³-hybridized carbons (Fsp3) is 0.529. The van der Waals surface area contributed by atoms with E-state index in [1.807, 2.05) is 11.8 Å². The second-order valence-corrected chi connectivity index (χ2v) is 14.0. The number of amides is 1. The van der Waals surface area contributed by atoms with E-state index in [0.717, 1.165) is 19.0 Å². The first-order valence-electron chi connectivity index (χ1n) is 16.9. The average molecular weight is 774 g/mol. The van der Waals surface area contributed by atoms with Gasteiger partial charge in [0.1, 0.15) is 5.82 Å². The summed E-state index contributed by atoms with van der Waals surface area (Å²) < 4.78 is 79.1. The number of methoxy groups -OCH3 is 1. The van der Waals surface area contributed by atoms with Gasteiger partial charge in [0.15, 0.2) is 5.69 Å². The van der Waals surface area contributed by atoms with Gasteiger partial charge in [0.05, 0.1) is 53.4 Å². The maximum Gasteiger partial charge on any atom is 0.418 e. The minimum Gasteiger partial charge on any atom is -0.467 e. The van der Waals surface area contributed by atoms with Crippen LogP contribution in [0.2, 0.25) is 10.0 Å².